The summed E-state index contributed by atoms with van der Waals surface area (Å²) in [6, 6.07) is 13.5. The van der Waals surface area contributed by atoms with E-state index in [9.17, 15) is 13.2 Å². The summed E-state index contributed by atoms with van der Waals surface area (Å²) in [5.41, 5.74) is 2.38. The van der Waals surface area contributed by atoms with Gasteiger partial charge in [0.2, 0.25) is 0 Å². The number of hydrogen-bond donors (Lipinski definition) is 1. The predicted molar refractivity (Wildman–Crippen MR) is 92.1 cm³/mol. The first kappa shape index (κ1) is 16.8. The highest BCUT2D eigenvalue weighted by atomic mass is 32.2. The molecule has 1 aromatic heterocycles. The van der Waals surface area contributed by atoms with Gasteiger partial charge in [-0.3, -0.25) is 4.79 Å². The van der Waals surface area contributed by atoms with Crippen LogP contribution in [0.5, 0.6) is 0 Å². The lowest BCUT2D eigenvalue weighted by atomic mass is 10.1. The number of rotatable bonds is 5. The second kappa shape index (κ2) is 6.81. The van der Waals surface area contributed by atoms with Crippen molar-refractivity contribution in [1.29, 1.82) is 0 Å². The Morgan fingerprint density at radius 1 is 1.16 bits per heavy atom. The molecular formula is C16H15N5O3S. The summed E-state index contributed by atoms with van der Waals surface area (Å²) in [6.45, 7) is 0. The molecule has 1 N–H and O–H groups in total. The standard InChI is InChI=1S/C16H15N5O3S/c1-25(23,24)10-12-5-7-13(8-6-12)16(22)18-14-3-2-4-15(9-14)21-11-17-19-20-21/h2-9,11H,10H2,1H3,(H,18,22). The molecule has 0 atom stereocenters. The van der Waals surface area contributed by atoms with Gasteiger partial charge in [-0.05, 0) is 46.3 Å². The molecule has 0 bridgehead atoms. The van der Waals surface area contributed by atoms with Crippen LogP contribution in [0.3, 0.4) is 0 Å². The Hall–Kier alpha value is -3.07. The first-order chi connectivity index (χ1) is 11.9. The van der Waals surface area contributed by atoms with Gasteiger partial charge >= 0.3 is 0 Å². The predicted octanol–water partition coefficient (Wildman–Crippen LogP) is 1.46. The van der Waals surface area contributed by atoms with Gasteiger partial charge in [-0.15, -0.1) is 5.10 Å². The van der Waals surface area contributed by atoms with Crippen LogP contribution in [-0.2, 0) is 15.6 Å². The first-order valence-electron chi connectivity index (χ1n) is 7.32. The van der Waals surface area contributed by atoms with Crippen molar-refractivity contribution in [3.8, 4) is 5.69 Å². The second-order valence-corrected chi connectivity index (χ2v) is 7.67. The van der Waals surface area contributed by atoms with E-state index in [2.05, 4.69) is 20.8 Å². The van der Waals surface area contributed by atoms with Crippen molar-refractivity contribution in [2.45, 2.75) is 5.75 Å². The zero-order valence-electron chi connectivity index (χ0n) is 13.3. The summed E-state index contributed by atoms with van der Waals surface area (Å²) in [4.78, 5) is 12.3. The lowest BCUT2D eigenvalue weighted by molar-refractivity contribution is 0.102. The molecule has 3 rings (SSSR count). The summed E-state index contributed by atoms with van der Waals surface area (Å²) >= 11 is 0. The average Bonchev–Trinajstić information content (AvgIpc) is 3.09. The summed E-state index contributed by atoms with van der Waals surface area (Å²) in [6.07, 6.45) is 2.63. The third-order valence-electron chi connectivity index (χ3n) is 3.36. The summed E-state index contributed by atoms with van der Waals surface area (Å²) in [5.74, 6) is -0.345. The van der Waals surface area contributed by atoms with Gasteiger partial charge in [-0.2, -0.15) is 0 Å². The van der Waals surface area contributed by atoms with Crippen LogP contribution in [0, 0.1) is 0 Å². The van der Waals surface area contributed by atoms with Gasteiger partial charge in [0.1, 0.15) is 6.33 Å². The molecule has 0 radical (unpaired) electrons. The van der Waals surface area contributed by atoms with E-state index in [1.807, 2.05) is 6.07 Å². The van der Waals surface area contributed by atoms with Crippen molar-refractivity contribution in [2.75, 3.05) is 11.6 Å². The van der Waals surface area contributed by atoms with Gasteiger partial charge in [0.25, 0.3) is 5.91 Å². The number of anilines is 1. The van der Waals surface area contributed by atoms with E-state index in [1.54, 1.807) is 42.5 Å². The van der Waals surface area contributed by atoms with Crippen LogP contribution >= 0.6 is 0 Å². The van der Waals surface area contributed by atoms with E-state index in [4.69, 9.17) is 0 Å². The molecule has 0 unspecified atom stereocenters. The maximum absolute atomic E-state index is 12.3. The number of carbonyl (C=O) groups excluding carboxylic acids is 1. The summed E-state index contributed by atoms with van der Waals surface area (Å²) < 4.78 is 24.1. The Morgan fingerprint density at radius 2 is 1.92 bits per heavy atom. The second-order valence-electron chi connectivity index (χ2n) is 5.53. The molecule has 8 nitrogen and oxygen atoms in total. The highest BCUT2D eigenvalue weighted by Gasteiger charge is 2.09. The van der Waals surface area contributed by atoms with Gasteiger partial charge in [0.05, 0.1) is 11.4 Å². The third-order valence-corrected chi connectivity index (χ3v) is 4.22. The van der Waals surface area contributed by atoms with Crippen molar-refractivity contribution in [3.05, 3.63) is 66.0 Å². The number of carbonyl (C=O) groups is 1. The molecule has 0 saturated heterocycles. The van der Waals surface area contributed by atoms with E-state index >= 15 is 0 Å². The molecule has 0 saturated carbocycles. The smallest absolute Gasteiger partial charge is 0.255 e. The number of benzene rings is 2. The van der Waals surface area contributed by atoms with Crippen LogP contribution in [-0.4, -0.2) is 40.8 Å². The third kappa shape index (κ3) is 4.48. The largest absolute Gasteiger partial charge is 0.322 e. The molecule has 0 aliphatic carbocycles. The highest BCUT2D eigenvalue weighted by molar-refractivity contribution is 7.89. The van der Waals surface area contributed by atoms with Crippen LogP contribution in [0.25, 0.3) is 5.69 Å². The van der Waals surface area contributed by atoms with Crippen LogP contribution < -0.4 is 5.32 Å². The highest BCUT2D eigenvalue weighted by Crippen LogP contribution is 2.15. The zero-order valence-corrected chi connectivity index (χ0v) is 14.1. The van der Waals surface area contributed by atoms with E-state index < -0.39 is 9.84 Å². The fourth-order valence-electron chi connectivity index (χ4n) is 2.26. The zero-order chi connectivity index (χ0) is 17.9. The Morgan fingerprint density at radius 3 is 2.56 bits per heavy atom. The SMILES string of the molecule is CS(=O)(=O)Cc1ccc(C(=O)Nc2cccc(-n3cnnn3)c2)cc1. The first-order valence-corrected chi connectivity index (χ1v) is 9.38. The van der Waals surface area contributed by atoms with Crippen LogP contribution in [0.2, 0.25) is 0 Å². The molecule has 1 heterocycles. The normalized spacial score (nSPS) is 11.2. The molecule has 0 aliphatic heterocycles. The average molecular weight is 357 g/mol. The summed E-state index contributed by atoms with van der Waals surface area (Å²) in [7, 11) is -3.10. The van der Waals surface area contributed by atoms with Gasteiger partial charge in [0, 0.05) is 17.5 Å². The van der Waals surface area contributed by atoms with Crippen molar-refractivity contribution in [1.82, 2.24) is 20.2 Å². The fourth-order valence-corrected chi connectivity index (χ4v) is 3.06. The van der Waals surface area contributed by atoms with Gasteiger partial charge in [0.15, 0.2) is 9.84 Å². The van der Waals surface area contributed by atoms with E-state index in [0.717, 1.165) is 0 Å². The number of nitrogens with one attached hydrogen (secondary N) is 1. The Bertz CT molecular complexity index is 983. The van der Waals surface area contributed by atoms with Crippen molar-refractivity contribution in [2.24, 2.45) is 0 Å². The van der Waals surface area contributed by atoms with Crippen molar-refractivity contribution in [3.63, 3.8) is 0 Å². The number of aromatic nitrogens is 4. The summed E-state index contributed by atoms with van der Waals surface area (Å²) in [5, 5.41) is 13.7. The Kier molecular flexibility index (Phi) is 4.57. The van der Waals surface area contributed by atoms with Crippen molar-refractivity contribution < 1.29 is 13.2 Å². The minimum atomic E-state index is -3.10. The van der Waals surface area contributed by atoms with Crippen molar-refractivity contribution >= 4 is 21.4 Å². The van der Waals surface area contributed by atoms with Crippen LogP contribution in [0.4, 0.5) is 5.69 Å². The topological polar surface area (TPSA) is 107 Å². The molecule has 3 aromatic rings. The fraction of sp³-hybridized carbons (Fsp3) is 0.125. The Labute approximate surface area is 144 Å². The molecule has 0 aliphatic rings. The number of sulfone groups is 1. The molecule has 128 valence electrons. The number of tetrazole rings is 1. The molecule has 1 amide bonds. The monoisotopic (exact) mass is 357 g/mol. The maximum Gasteiger partial charge on any atom is 0.255 e. The minimum Gasteiger partial charge on any atom is -0.322 e. The van der Waals surface area contributed by atoms with E-state index in [-0.39, 0.29) is 11.7 Å². The van der Waals surface area contributed by atoms with Gasteiger partial charge in [-0.25, -0.2) is 13.1 Å². The molecule has 2 aromatic carbocycles. The Balaban J connectivity index is 1.73. The molecular weight excluding hydrogens is 342 g/mol. The lowest BCUT2D eigenvalue weighted by Gasteiger charge is -2.08. The van der Waals surface area contributed by atoms with Crippen LogP contribution in [0.1, 0.15) is 15.9 Å². The van der Waals surface area contributed by atoms with E-state index in [1.165, 1.54) is 17.3 Å². The minimum absolute atomic E-state index is 0.0527. The quantitative estimate of drug-likeness (QED) is 0.741. The van der Waals surface area contributed by atoms with E-state index in [0.29, 0.717) is 22.5 Å². The number of hydrogen-bond acceptors (Lipinski definition) is 6. The maximum atomic E-state index is 12.3. The van der Waals surface area contributed by atoms with Crippen LogP contribution in [0.15, 0.2) is 54.9 Å². The van der Waals surface area contributed by atoms with Gasteiger partial charge in [-0.1, -0.05) is 18.2 Å². The van der Waals surface area contributed by atoms with Gasteiger partial charge < -0.3 is 5.32 Å². The molecule has 25 heavy (non-hydrogen) atoms. The molecule has 0 spiro atoms. The lowest BCUT2D eigenvalue weighted by Crippen LogP contribution is -2.12. The number of nitrogens with zero attached hydrogens (tertiary/aromatic N) is 4. The molecule has 0 fully saturated rings. The number of amides is 1. The molecule has 9 heteroatoms.